The Kier molecular flexibility index (Phi) is 12.3. The van der Waals surface area contributed by atoms with Crippen molar-refractivity contribution >= 4 is 43.1 Å². The van der Waals surface area contributed by atoms with Gasteiger partial charge in [0.1, 0.15) is 16.8 Å². The Hall–Kier alpha value is -3.34. The predicted molar refractivity (Wildman–Crippen MR) is 203 cm³/mol. The number of fused-ring (bicyclic) bond motifs is 2. The van der Waals surface area contributed by atoms with E-state index in [1.807, 2.05) is 11.3 Å². The SMILES string of the molecule is C.C.Cc1ccc2c(c1)sc(-c1ccc(C(C)C(C)C)cc1)[n+]2C.Cc1ccc2nc(-c3ccc(C(C)C(C)C)cc3)sc2c1. The van der Waals surface area contributed by atoms with Crippen LogP contribution in [0, 0.1) is 25.7 Å². The van der Waals surface area contributed by atoms with Gasteiger partial charge in [-0.15, -0.1) is 11.3 Å². The maximum Gasteiger partial charge on any atom is 0.269 e. The number of aryl methyl sites for hydroxylation is 3. The Morgan fingerprint density at radius 3 is 1.60 bits per heavy atom. The van der Waals surface area contributed by atoms with Crippen molar-refractivity contribution in [1.82, 2.24) is 4.98 Å². The summed E-state index contributed by atoms with van der Waals surface area (Å²) in [7, 11) is 2.16. The van der Waals surface area contributed by atoms with Crippen molar-refractivity contribution in [3.8, 4) is 21.1 Å². The first-order valence-electron chi connectivity index (χ1n) is 15.5. The number of thiazole rings is 2. The van der Waals surface area contributed by atoms with Gasteiger partial charge in [0.15, 0.2) is 0 Å². The summed E-state index contributed by atoms with van der Waals surface area (Å²) in [6.07, 6.45) is 0. The van der Waals surface area contributed by atoms with E-state index in [0.717, 1.165) is 10.5 Å². The third-order valence-corrected chi connectivity index (χ3v) is 11.2. The van der Waals surface area contributed by atoms with Gasteiger partial charge < -0.3 is 0 Å². The van der Waals surface area contributed by atoms with Gasteiger partial charge in [-0.2, -0.15) is 4.57 Å². The molecule has 238 valence electrons. The fourth-order valence-electron chi connectivity index (χ4n) is 5.30. The first kappa shape index (κ1) is 36.1. The zero-order valence-electron chi connectivity index (χ0n) is 27.1. The molecule has 2 nitrogen and oxygen atoms in total. The Bertz CT molecular complexity index is 1820. The molecule has 0 bridgehead atoms. The summed E-state index contributed by atoms with van der Waals surface area (Å²) < 4.78 is 4.93. The largest absolute Gasteiger partial charge is 0.269 e. The Morgan fingerprint density at radius 2 is 1.07 bits per heavy atom. The van der Waals surface area contributed by atoms with Crippen molar-refractivity contribution in [2.75, 3.05) is 0 Å². The third kappa shape index (κ3) is 8.09. The molecule has 6 aromatic rings. The van der Waals surface area contributed by atoms with Crippen molar-refractivity contribution < 1.29 is 4.57 Å². The molecule has 2 unspecified atom stereocenters. The molecule has 45 heavy (non-hydrogen) atoms. The second-order valence-electron chi connectivity index (χ2n) is 12.7. The van der Waals surface area contributed by atoms with Crippen LogP contribution in [0.25, 0.3) is 41.6 Å². The minimum atomic E-state index is 0. The minimum absolute atomic E-state index is 0. The van der Waals surface area contributed by atoms with Crippen LogP contribution >= 0.6 is 22.7 Å². The molecule has 2 aromatic heterocycles. The van der Waals surface area contributed by atoms with E-state index in [1.165, 1.54) is 53.3 Å². The molecule has 0 aliphatic carbocycles. The fourth-order valence-corrected chi connectivity index (χ4v) is 7.62. The summed E-state index contributed by atoms with van der Waals surface area (Å²) in [4.78, 5) is 4.75. The predicted octanol–water partition coefficient (Wildman–Crippen LogP) is 12.8. The smallest absolute Gasteiger partial charge is 0.236 e. The maximum absolute atomic E-state index is 4.75. The average molecular weight is 638 g/mol. The molecule has 4 aromatic carbocycles. The monoisotopic (exact) mass is 637 g/mol. The highest BCUT2D eigenvalue weighted by Gasteiger charge is 2.19. The van der Waals surface area contributed by atoms with Gasteiger partial charge in [-0.05, 0) is 90.1 Å². The van der Waals surface area contributed by atoms with Crippen LogP contribution in [-0.4, -0.2) is 4.98 Å². The van der Waals surface area contributed by atoms with Crippen molar-refractivity contribution in [2.24, 2.45) is 18.9 Å². The van der Waals surface area contributed by atoms with Crippen molar-refractivity contribution in [1.29, 1.82) is 0 Å². The van der Waals surface area contributed by atoms with Crippen LogP contribution in [-0.2, 0) is 7.05 Å². The lowest BCUT2D eigenvalue weighted by Crippen LogP contribution is -2.28. The molecular weight excluding hydrogens is 585 g/mol. The quantitative estimate of drug-likeness (QED) is 0.166. The lowest BCUT2D eigenvalue weighted by Gasteiger charge is -2.15. The molecule has 4 heteroatoms. The zero-order valence-corrected chi connectivity index (χ0v) is 28.7. The maximum atomic E-state index is 4.75. The second kappa shape index (κ2) is 15.3. The standard InChI is InChI=1S/C20H24NS.C19H21NS.2CH4/c1-13(2)15(4)16-7-9-17(10-8-16)20-21(5)18-11-6-14(3)12-19(18)22-20;1-12(2)14(4)15-6-8-16(9-7-15)19-20-17-10-5-13(3)11-18(17)21-19;;/h6-13,15H,1-5H3;5-12,14H,1-4H3;2*1H4/q+1;;;. The zero-order chi connectivity index (χ0) is 30.8. The van der Waals surface area contributed by atoms with Gasteiger partial charge >= 0.3 is 0 Å². The van der Waals surface area contributed by atoms with Gasteiger partial charge in [-0.1, -0.05) is 116 Å². The Labute approximate surface area is 280 Å². The molecule has 2 heterocycles. The summed E-state index contributed by atoms with van der Waals surface area (Å²) >= 11 is 3.65. The number of hydrogen-bond donors (Lipinski definition) is 0. The van der Waals surface area contributed by atoms with E-state index in [4.69, 9.17) is 4.98 Å². The van der Waals surface area contributed by atoms with Crippen LogP contribution in [0.5, 0.6) is 0 Å². The van der Waals surface area contributed by atoms with Gasteiger partial charge in [0.25, 0.3) is 5.01 Å². The van der Waals surface area contributed by atoms with Crippen molar-refractivity contribution in [3.63, 3.8) is 0 Å². The summed E-state index contributed by atoms with van der Waals surface area (Å²) in [5, 5.41) is 2.43. The van der Waals surface area contributed by atoms with Gasteiger partial charge in [-0.25, -0.2) is 4.98 Å². The molecule has 6 rings (SSSR count). The third-order valence-electron chi connectivity index (χ3n) is 8.90. The van der Waals surface area contributed by atoms with Crippen LogP contribution in [0.4, 0.5) is 0 Å². The van der Waals surface area contributed by atoms with Crippen LogP contribution in [0.2, 0.25) is 0 Å². The van der Waals surface area contributed by atoms with E-state index in [1.54, 1.807) is 11.3 Å². The first-order valence-corrected chi connectivity index (χ1v) is 17.1. The molecule has 0 aliphatic heterocycles. The Balaban J connectivity index is 0.000000235. The fraction of sp³-hybridized carbons (Fsp3) is 0.366. The topological polar surface area (TPSA) is 16.8 Å². The first-order chi connectivity index (χ1) is 20.5. The van der Waals surface area contributed by atoms with E-state index >= 15 is 0 Å². The molecule has 2 atom stereocenters. The number of benzene rings is 4. The van der Waals surface area contributed by atoms with E-state index in [9.17, 15) is 0 Å². The van der Waals surface area contributed by atoms with E-state index in [0.29, 0.717) is 23.7 Å². The lowest BCUT2D eigenvalue weighted by atomic mass is 9.90. The van der Waals surface area contributed by atoms with Gasteiger partial charge in [-0.3, -0.25) is 0 Å². The number of nitrogens with zero attached hydrogens (tertiary/aromatic N) is 2. The van der Waals surface area contributed by atoms with E-state index < -0.39 is 0 Å². The molecule has 0 spiro atoms. The van der Waals surface area contributed by atoms with Crippen LogP contribution in [0.1, 0.15) is 90.5 Å². The molecule has 0 amide bonds. The highest BCUT2D eigenvalue weighted by molar-refractivity contribution is 7.21. The van der Waals surface area contributed by atoms with E-state index in [2.05, 4.69) is 152 Å². The second-order valence-corrected chi connectivity index (χ2v) is 14.8. The highest BCUT2D eigenvalue weighted by atomic mass is 32.1. The number of aromatic nitrogens is 2. The molecular formula is C41H53N2S2+. The van der Waals surface area contributed by atoms with Gasteiger partial charge in [0.2, 0.25) is 5.52 Å². The molecule has 0 radical (unpaired) electrons. The lowest BCUT2D eigenvalue weighted by molar-refractivity contribution is -0.629. The summed E-state index contributed by atoms with van der Waals surface area (Å²) in [5.41, 5.74) is 10.4. The highest BCUT2D eigenvalue weighted by Crippen LogP contribution is 2.33. The molecule has 0 saturated carbocycles. The van der Waals surface area contributed by atoms with Crippen LogP contribution < -0.4 is 4.57 Å². The molecule has 0 N–H and O–H groups in total. The van der Waals surface area contributed by atoms with E-state index in [-0.39, 0.29) is 14.9 Å². The molecule has 0 fully saturated rings. The van der Waals surface area contributed by atoms with Gasteiger partial charge in [0.05, 0.1) is 15.8 Å². The van der Waals surface area contributed by atoms with Crippen LogP contribution in [0.3, 0.4) is 0 Å². The minimum Gasteiger partial charge on any atom is -0.236 e. The average Bonchev–Trinajstić information content (AvgIpc) is 3.57. The molecule has 0 saturated heterocycles. The number of rotatable bonds is 6. The van der Waals surface area contributed by atoms with Crippen molar-refractivity contribution in [2.45, 2.75) is 82.1 Å². The van der Waals surface area contributed by atoms with Crippen molar-refractivity contribution in [3.05, 3.63) is 107 Å². The number of hydrogen-bond acceptors (Lipinski definition) is 3. The normalized spacial score (nSPS) is 12.4. The summed E-state index contributed by atoms with van der Waals surface area (Å²) in [6.45, 7) is 18.0. The van der Waals surface area contributed by atoms with Gasteiger partial charge in [0, 0.05) is 11.6 Å². The van der Waals surface area contributed by atoms with Crippen LogP contribution in [0.15, 0.2) is 84.9 Å². The molecule has 0 aliphatic rings. The summed E-state index contributed by atoms with van der Waals surface area (Å²) in [5.74, 6) is 2.54. The summed E-state index contributed by atoms with van der Waals surface area (Å²) in [6, 6.07) is 31.2. The Morgan fingerprint density at radius 1 is 0.578 bits per heavy atom.